The highest BCUT2D eigenvalue weighted by Crippen LogP contribution is 2.45. The van der Waals surface area contributed by atoms with Crippen LogP contribution in [0.1, 0.15) is 12.6 Å². The number of carbonyl (C=O) groups is 1. The average Bonchev–Trinajstić information content (AvgIpc) is 3.27. The number of benzene rings is 2. The first-order chi connectivity index (χ1) is 19.7. The number of allylic oxidation sites excluding steroid dienone is 1. The number of hydrogen-bond acceptors (Lipinski definition) is 9. The summed E-state index contributed by atoms with van der Waals surface area (Å²) in [5.41, 5.74) is 11.9. The van der Waals surface area contributed by atoms with Crippen molar-refractivity contribution in [2.45, 2.75) is 13.8 Å². The number of methoxy groups -OCH3 is 1. The van der Waals surface area contributed by atoms with E-state index in [9.17, 15) is 4.79 Å². The number of aromatic nitrogens is 5. The molecular weight excluding hydrogens is 525 g/mol. The Balaban J connectivity index is 0.000000714. The monoisotopic (exact) mass is 555 g/mol. The van der Waals surface area contributed by atoms with Crippen LogP contribution in [0.2, 0.25) is 0 Å². The molecule has 3 heterocycles. The molecular formula is C30H30FN7O3. The van der Waals surface area contributed by atoms with Gasteiger partial charge in [-0.25, -0.2) is 24.3 Å². The van der Waals surface area contributed by atoms with Gasteiger partial charge in [-0.3, -0.25) is 4.79 Å². The number of ether oxygens (including phenoxy) is 2. The second-order valence-corrected chi connectivity index (χ2v) is 9.10. The minimum Gasteiger partial charge on any atom is -0.496 e. The summed E-state index contributed by atoms with van der Waals surface area (Å²) >= 11 is 0. The summed E-state index contributed by atoms with van der Waals surface area (Å²) in [6, 6.07) is 12.3. The summed E-state index contributed by atoms with van der Waals surface area (Å²) < 4.78 is 28.5. The highest BCUT2D eigenvalue weighted by atomic mass is 19.1. The summed E-state index contributed by atoms with van der Waals surface area (Å²) in [4.78, 5) is 26.3. The topological polar surface area (TPSA) is 130 Å². The highest BCUT2D eigenvalue weighted by Gasteiger charge is 2.25. The summed E-state index contributed by atoms with van der Waals surface area (Å²) in [5, 5.41) is 3.73. The van der Waals surface area contributed by atoms with Gasteiger partial charge in [0, 0.05) is 48.9 Å². The van der Waals surface area contributed by atoms with Crippen LogP contribution in [0.15, 0.2) is 67.1 Å². The number of aldehydes is 1. The van der Waals surface area contributed by atoms with Crippen molar-refractivity contribution < 1.29 is 18.7 Å². The fourth-order valence-electron chi connectivity index (χ4n) is 4.23. The Bertz CT molecular complexity index is 1750. The van der Waals surface area contributed by atoms with Crippen molar-refractivity contribution in [3.8, 4) is 39.9 Å². The largest absolute Gasteiger partial charge is 0.496 e. The zero-order valence-electron chi connectivity index (χ0n) is 23.4. The maximum atomic E-state index is 15.3. The molecule has 3 N–H and O–H groups in total. The highest BCUT2D eigenvalue weighted by molar-refractivity contribution is 6.08. The summed E-state index contributed by atoms with van der Waals surface area (Å²) in [6.07, 6.45) is 3.69. The number of nitrogens with two attached hydrogens (primary N) is 1. The first kappa shape index (κ1) is 28.7. The standard InChI is InChI=1S/C26H24FN7O2.C4H6O/c1-14-9-10-30-26(33-14)36-19-8-5-15(11-18(19)27)21-22-24(28)31-13-32-25(22)34(3)23(21)17-7-6-16(29-2)12-20(17)35-4;1-4(2)3-5/h5-13,29H,1-4H3,(H2,28,31,32);3H,1H2,2H3. The molecule has 0 atom stereocenters. The Morgan fingerprint density at radius 1 is 1.12 bits per heavy atom. The third-order valence-electron chi connectivity index (χ3n) is 6.14. The SMILES string of the molecule is C=C(C)C=O.CNc1ccc(-c2c(-c3ccc(Oc4nccc(C)n4)c(F)c3)c3c(N)ncnc3n2C)c(OC)c1. The minimum absolute atomic E-state index is 0.00584. The Labute approximate surface area is 236 Å². The van der Waals surface area contributed by atoms with E-state index in [0.717, 1.165) is 23.2 Å². The van der Waals surface area contributed by atoms with Gasteiger partial charge in [-0.05, 0) is 55.3 Å². The zero-order chi connectivity index (χ0) is 29.7. The van der Waals surface area contributed by atoms with Crippen LogP contribution in [-0.2, 0) is 11.8 Å². The first-order valence-corrected chi connectivity index (χ1v) is 12.5. The number of fused-ring (bicyclic) bond motifs is 1. The number of aryl methyl sites for hydroxylation is 2. The molecule has 10 nitrogen and oxygen atoms in total. The number of nitrogens with zero attached hydrogens (tertiary/aromatic N) is 5. The fraction of sp³-hybridized carbons (Fsp3) is 0.167. The maximum Gasteiger partial charge on any atom is 0.322 e. The predicted octanol–water partition coefficient (Wildman–Crippen LogP) is 5.73. The van der Waals surface area contributed by atoms with E-state index in [1.807, 2.05) is 36.9 Å². The van der Waals surface area contributed by atoms with Gasteiger partial charge in [0.15, 0.2) is 11.6 Å². The lowest BCUT2D eigenvalue weighted by Gasteiger charge is -2.14. The molecule has 0 saturated carbocycles. The Morgan fingerprint density at radius 3 is 2.51 bits per heavy atom. The molecule has 0 aliphatic rings. The van der Waals surface area contributed by atoms with Crippen molar-refractivity contribution in [1.82, 2.24) is 24.5 Å². The van der Waals surface area contributed by atoms with E-state index in [0.29, 0.717) is 39.2 Å². The molecule has 11 heteroatoms. The molecule has 0 unspecified atom stereocenters. The van der Waals surface area contributed by atoms with Crippen molar-refractivity contribution in [2.24, 2.45) is 7.05 Å². The van der Waals surface area contributed by atoms with Crippen LogP contribution in [0.4, 0.5) is 15.9 Å². The number of nitrogens with one attached hydrogen (secondary N) is 1. The van der Waals surface area contributed by atoms with Crippen LogP contribution in [-0.4, -0.2) is 44.9 Å². The smallest absolute Gasteiger partial charge is 0.322 e. The van der Waals surface area contributed by atoms with Crippen LogP contribution in [0.25, 0.3) is 33.4 Å². The van der Waals surface area contributed by atoms with Gasteiger partial charge in [-0.15, -0.1) is 0 Å². The maximum absolute atomic E-state index is 15.3. The van der Waals surface area contributed by atoms with Crippen LogP contribution < -0.4 is 20.5 Å². The summed E-state index contributed by atoms with van der Waals surface area (Å²) in [5.74, 6) is 0.355. The lowest BCUT2D eigenvalue weighted by Crippen LogP contribution is -1.98. The van der Waals surface area contributed by atoms with Crippen molar-refractivity contribution in [2.75, 3.05) is 25.2 Å². The molecule has 3 aromatic heterocycles. The molecule has 210 valence electrons. The lowest BCUT2D eigenvalue weighted by molar-refractivity contribution is -0.104. The van der Waals surface area contributed by atoms with Crippen molar-refractivity contribution >= 4 is 28.8 Å². The molecule has 5 aromatic rings. The van der Waals surface area contributed by atoms with E-state index in [1.54, 1.807) is 45.4 Å². The third-order valence-corrected chi connectivity index (χ3v) is 6.14. The molecule has 0 bridgehead atoms. The van der Waals surface area contributed by atoms with Crippen molar-refractivity contribution in [1.29, 1.82) is 0 Å². The molecule has 0 radical (unpaired) electrons. The van der Waals surface area contributed by atoms with Crippen LogP contribution in [0, 0.1) is 12.7 Å². The van der Waals surface area contributed by atoms with Gasteiger partial charge in [-0.2, -0.15) is 0 Å². The Hall–Kier alpha value is -5.32. The fourth-order valence-corrected chi connectivity index (χ4v) is 4.23. The number of halogens is 1. The molecule has 0 aliphatic carbocycles. The number of nitrogen functional groups attached to an aromatic ring is 1. The van der Waals surface area contributed by atoms with E-state index in [4.69, 9.17) is 15.2 Å². The van der Waals surface area contributed by atoms with Crippen molar-refractivity contribution in [3.05, 3.63) is 78.7 Å². The van der Waals surface area contributed by atoms with Gasteiger partial charge in [0.1, 0.15) is 29.8 Å². The van der Waals surface area contributed by atoms with Gasteiger partial charge < -0.3 is 25.1 Å². The number of hydrogen-bond donors (Lipinski definition) is 2. The molecule has 41 heavy (non-hydrogen) atoms. The number of anilines is 2. The van der Waals surface area contributed by atoms with E-state index in [-0.39, 0.29) is 17.6 Å². The van der Waals surface area contributed by atoms with Gasteiger partial charge >= 0.3 is 6.01 Å². The second kappa shape index (κ2) is 12.2. The number of carbonyl (C=O) groups excluding carboxylic acids is 1. The van der Waals surface area contributed by atoms with E-state index >= 15 is 4.39 Å². The molecule has 0 amide bonds. The quantitative estimate of drug-likeness (QED) is 0.191. The zero-order valence-corrected chi connectivity index (χ0v) is 23.4. The summed E-state index contributed by atoms with van der Waals surface area (Å²) in [7, 11) is 5.32. The average molecular weight is 556 g/mol. The van der Waals surface area contributed by atoms with Gasteiger partial charge in [0.2, 0.25) is 0 Å². The lowest BCUT2D eigenvalue weighted by atomic mass is 9.97. The van der Waals surface area contributed by atoms with E-state index < -0.39 is 5.82 Å². The van der Waals surface area contributed by atoms with Crippen LogP contribution >= 0.6 is 0 Å². The minimum atomic E-state index is -0.575. The van der Waals surface area contributed by atoms with Gasteiger partial charge in [0.05, 0.1) is 18.2 Å². The Morgan fingerprint density at radius 2 is 1.88 bits per heavy atom. The van der Waals surface area contributed by atoms with E-state index in [2.05, 4.69) is 31.8 Å². The normalized spacial score (nSPS) is 10.5. The van der Waals surface area contributed by atoms with Gasteiger partial charge in [0.25, 0.3) is 0 Å². The molecule has 2 aromatic carbocycles. The molecule has 0 spiro atoms. The predicted molar refractivity (Wildman–Crippen MR) is 158 cm³/mol. The first-order valence-electron chi connectivity index (χ1n) is 12.5. The van der Waals surface area contributed by atoms with Crippen LogP contribution in [0.3, 0.4) is 0 Å². The molecule has 5 rings (SSSR count). The number of rotatable bonds is 7. The molecule has 0 fully saturated rings. The summed E-state index contributed by atoms with van der Waals surface area (Å²) in [6.45, 7) is 6.77. The third kappa shape index (κ3) is 5.98. The van der Waals surface area contributed by atoms with Crippen molar-refractivity contribution in [3.63, 3.8) is 0 Å². The Kier molecular flexibility index (Phi) is 8.57. The van der Waals surface area contributed by atoms with E-state index in [1.165, 1.54) is 12.4 Å². The second-order valence-electron chi connectivity index (χ2n) is 9.10. The molecule has 0 saturated heterocycles. The molecule has 0 aliphatic heterocycles. The van der Waals surface area contributed by atoms with Gasteiger partial charge in [-0.1, -0.05) is 12.6 Å². The van der Waals surface area contributed by atoms with Crippen LogP contribution in [0.5, 0.6) is 17.5 Å².